The Balaban J connectivity index is 1.57. The van der Waals surface area contributed by atoms with Crippen LogP contribution in [-0.2, 0) is 9.47 Å². The number of ether oxygens (including phenoxy) is 2. The smallest absolute Gasteiger partial charge is 0.0701 e. The molecule has 0 radical (unpaired) electrons. The van der Waals surface area contributed by atoms with Crippen LogP contribution in [0, 0.1) is 5.92 Å². The van der Waals surface area contributed by atoms with Gasteiger partial charge in [0.15, 0.2) is 0 Å². The molecular formula is C17H31NO2S. The Morgan fingerprint density at radius 3 is 2.76 bits per heavy atom. The van der Waals surface area contributed by atoms with E-state index < -0.39 is 0 Å². The van der Waals surface area contributed by atoms with Crippen molar-refractivity contribution in [3.63, 3.8) is 0 Å². The molecule has 0 aromatic rings. The van der Waals surface area contributed by atoms with Gasteiger partial charge in [-0.25, -0.2) is 0 Å². The summed E-state index contributed by atoms with van der Waals surface area (Å²) < 4.78 is 12.2. The third-order valence-corrected chi connectivity index (χ3v) is 6.65. The van der Waals surface area contributed by atoms with Crippen molar-refractivity contribution in [2.24, 2.45) is 5.92 Å². The Bertz CT molecular complexity index is 308. The molecule has 3 fully saturated rings. The van der Waals surface area contributed by atoms with Crippen LogP contribution in [0.3, 0.4) is 0 Å². The maximum absolute atomic E-state index is 6.25. The highest BCUT2D eigenvalue weighted by Crippen LogP contribution is 2.41. The van der Waals surface area contributed by atoms with E-state index in [0.717, 1.165) is 19.1 Å². The van der Waals surface area contributed by atoms with Crippen LogP contribution < -0.4 is 5.32 Å². The molecule has 1 spiro atoms. The maximum Gasteiger partial charge on any atom is 0.0701 e. The van der Waals surface area contributed by atoms with Gasteiger partial charge in [-0.3, -0.25) is 0 Å². The van der Waals surface area contributed by atoms with Crippen molar-refractivity contribution in [2.75, 3.05) is 31.8 Å². The van der Waals surface area contributed by atoms with Crippen molar-refractivity contribution in [3.05, 3.63) is 0 Å². The molecule has 3 unspecified atom stereocenters. The minimum atomic E-state index is 0.205. The molecule has 122 valence electrons. The summed E-state index contributed by atoms with van der Waals surface area (Å²) in [7, 11) is 2.13. The Kier molecular flexibility index (Phi) is 5.88. The molecule has 0 aliphatic carbocycles. The van der Waals surface area contributed by atoms with E-state index in [0.29, 0.717) is 12.1 Å². The van der Waals surface area contributed by atoms with Crippen LogP contribution in [0.5, 0.6) is 0 Å². The Hall–Kier alpha value is 0.230. The molecule has 3 rings (SSSR count). The molecule has 0 amide bonds. The molecule has 0 saturated carbocycles. The summed E-state index contributed by atoms with van der Waals surface area (Å²) in [6, 6.07) is 0.600. The van der Waals surface area contributed by atoms with E-state index in [1.807, 2.05) is 0 Å². The molecule has 4 heteroatoms. The molecule has 3 aliphatic heterocycles. The highest BCUT2D eigenvalue weighted by molar-refractivity contribution is 7.99. The van der Waals surface area contributed by atoms with Crippen molar-refractivity contribution < 1.29 is 9.47 Å². The molecular weight excluding hydrogens is 282 g/mol. The van der Waals surface area contributed by atoms with Crippen molar-refractivity contribution in [1.82, 2.24) is 5.32 Å². The Morgan fingerprint density at radius 2 is 2.05 bits per heavy atom. The number of nitrogens with one attached hydrogen (secondary N) is 1. The van der Waals surface area contributed by atoms with Gasteiger partial charge in [0.1, 0.15) is 0 Å². The maximum atomic E-state index is 6.25. The van der Waals surface area contributed by atoms with Gasteiger partial charge < -0.3 is 14.8 Å². The van der Waals surface area contributed by atoms with Crippen molar-refractivity contribution >= 4 is 11.8 Å². The number of thioether (sulfide) groups is 1. The van der Waals surface area contributed by atoms with Gasteiger partial charge in [0.2, 0.25) is 0 Å². The van der Waals surface area contributed by atoms with Gasteiger partial charge in [-0.05, 0) is 75.8 Å². The van der Waals surface area contributed by atoms with E-state index in [1.165, 1.54) is 62.9 Å². The van der Waals surface area contributed by atoms with E-state index in [-0.39, 0.29) is 5.60 Å². The van der Waals surface area contributed by atoms with Crippen LogP contribution in [0.15, 0.2) is 0 Å². The zero-order chi connectivity index (χ0) is 14.5. The first-order valence-electron chi connectivity index (χ1n) is 8.82. The highest BCUT2D eigenvalue weighted by atomic mass is 32.2. The number of rotatable bonds is 4. The lowest BCUT2D eigenvalue weighted by molar-refractivity contribution is -0.110. The van der Waals surface area contributed by atoms with E-state index in [2.05, 4.69) is 24.1 Å². The van der Waals surface area contributed by atoms with Gasteiger partial charge in [0.25, 0.3) is 0 Å². The van der Waals surface area contributed by atoms with Crippen molar-refractivity contribution in [2.45, 2.75) is 69.1 Å². The molecule has 3 aliphatic rings. The predicted molar refractivity (Wildman–Crippen MR) is 89.0 cm³/mol. The fourth-order valence-corrected chi connectivity index (χ4v) is 5.56. The average Bonchev–Trinajstić information content (AvgIpc) is 2.54. The molecule has 21 heavy (non-hydrogen) atoms. The quantitative estimate of drug-likeness (QED) is 0.863. The van der Waals surface area contributed by atoms with Gasteiger partial charge in [-0.1, -0.05) is 0 Å². The first-order chi connectivity index (χ1) is 10.3. The van der Waals surface area contributed by atoms with Crippen LogP contribution in [0.4, 0.5) is 0 Å². The second-order valence-electron chi connectivity index (χ2n) is 7.02. The fourth-order valence-electron chi connectivity index (χ4n) is 4.32. The van der Waals surface area contributed by atoms with E-state index in [1.54, 1.807) is 0 Å². The van der Waals surface area contributed by atoms with Crippen LogP contribution >= 0.6 is 11.8 Å². The summed E-state index contributed by atoms with van der Waals surface area (Å²) in [5, 5.41) is 3.60. The largest absolute Gasteiger partial charge is 0.378 e. The van der Waals surface area contributed by atoms with Gasteiger partial charge in [0.05, 0.1) is 11.7 Å². The van der Waals surface area contributed by atoms with E-state index >= 15 is 0 Å². The summed E-state index contributed by atoms with van der Waals surface area (Å²) in [4.78, 5) is 0. The molecule has 3 heterocycles. The minimum absolute atomic E-state index is 0.205. The SMILES string of the molecule is CNC(CC1CCCCO1)C1CCOC2(CCSCC2)C1. The Morgan fingerprint density at radius 1 is 1.19 bits per heavy atom. The zero-order valence-electron chi connectivity index (χ0n) is 13.4. The molecule has 3 atom stereocenters. The van der Waals surface area contributed by atoms with E-state index in [4.69, 9.17) is 9.47 Å². The monoisotopic (exact) mass is 313 g/mol. The second-order valence-corrected chi connectivity index (χ2v) is 8.24. The van der Waals surface area contributed by atoms with Gasteiger partial charge in [-0.2, -0.15) is 11.8 Å². The van der Waals surface area contributed by atoms with Crippen molar-refractivity contribution in [1.29, 1.82) is 0 Å². The summed E-state index contributed by atoms with van der Waals surface area (Å²) in [5.41, 5.74) is 0.205. The lowest BCUT2D eigenvalue weighted by atomic mass is 9.77. The molecule has 3 saturated heterocycles. The zero-order valence-corrected chi connectivity index (χ0v) is 14.3. The van der Waals surface area contributed by atoms with Crippen LogP contribution in [0.2, 0.25) is 0 Å². The highest BCUT2D eigenvalue weighted by Gasteiger charge is 2.41. The summed E-state index contributed by atoms with van der Waals surface area (Å²) in [6.07, 6.45) is 10.5. The van der Waals surface area contributed by atoms with Gasteiger partial charge in [0, 0.05) is 19.3 Å². The number of hydrogen-bond donors (Lipinski definition) is 1. The van der Waals surface area contributed by atoms with Crippen LogP contribution in [0.25, 0.3) is 0 Å². The predicted octanol–water partition coefficient (Wildman–Crippen LogP) is 3.23. The standard InChI is InChI=1S/C17H31NO2S/c1-18-16(12-15-4-2-3-8-19-15)14-5-9-20-17(13-14)6-10-21-11-7-17/h14-16,18H,2-13H2,1H3. The van der Waals surface area contributed by atoms with Gasteiger partial charge >= 0.3 is 0 Å². The second kappa shape index (κ2) is 7.67. The number of hydrogen-bond acceptors (Lipinski definition) is 4. The van der Waals surface area contributed by atoms with Crippen LogP contribution in [-0.4, -0.2) is 49.5 Å². The molecule has 0 bridgehead atoms. The minimum Gasteiger partial charge on any atom is -0.378 e. The van der Waals surface area contributed by atoms with E-state index in [9.17, 15) is 0 Å². The Labute approximate surface area is 133 Å². The third kappa shape index (κ3) is 4.15. The molecule has 0 aromatic heterocycles. The lowest BCUT2D eigenvalue weighted by Crippen LogP contribution is -2.48. The third-order valence-electron chi connectivity index (χ3n) is 5.67. The van der Waals surface area contributed by atoms with Crippen molar-refractivity contribution in [3.8, 4) is 0 Å². The summed E-state index contributed by atoms with van der Waals surface area (Å²) in [5.74, 6) is 3.32. The first kappa shape index (κ1) is 16.1. The summed E-state index contributed by atoms with van der Waals surface area (Å²) in [6.45, 7) is 1.93. The molecule has 3 nitrogen and oxygen atoms in total. The first-order valence-corrected chi connectivity index (χ1v) is 9.97. The fraction of sp³-hybridized carbons (Fsp3) is 1.00. The average molecular weight is 314 g/mol. The van der Waals surface area contributed by atoms with Gasteiger partial charge in [-0.15, -0.1) is 0 Å². The summed E-state index contributed by atoms with van der Waals surface area (Å²) >= 11 is 2.09. The molecule has 1 N–H and O–H groups in total. The van der Waals surface area contributed by atoms with Crippen LogP contribution in [0.1, 0.15) is 51.4 Å². The lowest BCUT2D eigenvalue weighted by Gasteiger charge is -2.45. The normalized spacial score (nSPS) is 34.7. The molecule has 0 aromatic carbocycles. The topological polar surface area (TPSA) is 30.5 Å².